The van der Waals surface area contributed by atoms with Gasteiger partial charge in [-0.3, -0.25) is 4.79 Å². The van der Waals surface area contributed by atoms with Crippen molar-refractivity contribution in [3.63, 3.8) is 0 Å². The molecule has 3 atom stereocenters. The molecule has 1 fully saturated rings. The summed E-state index contributed by atoms with van der Waals surface area (Å²) in [6.45, 7) is 1.17. The highest BCUT2D eigenvalue weighted by atomic mass is 16.3. The van der Waals surface area contributed by atoms with Crippen LogP contribution in [0.5, 0.6) is 0 Å². The molecule has 5 heteroatoms. The maximum atomic E-state index is 11.8. The summed E-state index contributed by atoms with van der Waals surface area (Å²) in [5.74, 6) is -0.260. The molecule has 0 spiro atoms. The standard InChI is InChI=1S/C11H22N2O3/c1-11(16,7-14)6-13-10(15)8-4-2-3-5-9(8)12/h8-9,14,16H,2-7,12H2,1H3,(H,13,15). The van der Waals surface area contributed by atoms with Crippen LogP contribution >= 0.6 is 0 Å². The summed E-state index contributed by atoms with van der Waals surface area (Å²) < 4.78 is 0. The third-order valence-corrected chi connectivity index (χ3v) is 3.14. The van der Waals surface area contributed by atoms with Crippen molar-refractivity contribution in [2.24, 2.45) is 11.7 Å². The van der Waals surface area contributed by atoms with Crippen LogP contribution in [0.25, 0.3) is 0 Å². The first-order valence-corrected chi connectivity index (χ1v) is 5.83. The van der Waals surface area contributed by atoms with E-state index in [9.17, 15) is 9.90 Å². The Morgan fingerprint density at radius 1 is 1.50 bits per heavy atom. The molecule has 3 unspecified atom stereocenters. The van der Waals surface area contributed by atoms with Crippen molar-refractivity contribution in [3.8, 4) is 0 Å². The molecule has 0 aromatic heterocycles. The molecule has 0 aliphatic heterocycles. The number of nitrogens with one attached hydrogen (secondary N) is 1. The number of hydrogen-bond acceptors (Lipinski definition) is 4. The molecular formula is C11H22N2O3. The number of amides is 1. The van der Waals surface area contributed by atoms with Crippen molar-refractivity contribution < 1.29 is 15.0 Å². The Hall–Kier alpha value is -0.650. The van der Waals surface area contributed by atoms with E-state index in [1.807, 2.05) is 0 Å². The molecule has 1 rings (SSSR count). The summed E-state index contributed by atoms with van der Waals surface area (Å²) in [7, 11) is 0. The van der Waals surface area contributed by atoms with Gasteiger partial charge in [0.05, 0.1) is 12.5 Å². The van der Waals surface area contributed by atoms with E-state index in [4.69, 9.17) is 10.8 Å². The van der Waals surface area contributed by atoms with Crippen LogP contribution in [-0.2, 0) is 4.79 Å². The van der Waals surface area contributed by atoms with Gasteiger partial charge in [-0.15, -0.1) is 0 Å². The van der Waals surface area contributed by atoms with Gasteiger partial charge >= 0.3 is 0 Å². The van der Waals surface area contributed by atoms with E-state index in [1.54, 1.807) is 0 Å². The van der Waals surface area contributed by atoms with Gasteiger partial charge in [-0.2, -0.15) is 0 Å². The van der Waals surface area contributed by atoms with E-state index >= 15 is 0 Å². The molecule has 16 heavy (non-hydrogen) atoms. The lowest BCUT2D eigenvalue weighted by molar-refractivity contribution is -0.128. The molecule has 94 valence electrons. The van der Waals surface area contributed by atoms with Crippen molar-refractivity contribution in [3.05, 3.63) is 0 Å². The first kappa shape index (κ1) is 13.4. The first-order chi connectivity index (χ1) is 7.46. The average molecular weight is 230 g/mol. The second kappa shape index (κ2) is 5.61. The molecule has 1 amide bonds. The molecule has 0 heterocycles. The first-order valence-electron chi connectivity index (χ1n) is 5.83. The minimum atomic E-state index is -1.26. The summed E-state index contributed by atoms with van der Waals surface area (Å²) in [6.07, 6.45) is 3.81. The van der Waals surface area contributed by atoms with E-state index in [1.165, 1.54) is 6.92 Å². The Balaban J connectivity index is 2.39. The number of rotatable bonds is 4. The number of hydrogen-bond donors (Lipinski definition) is 4. The Bertz CT molecular complexity index is 243. The van der Waals surface area contributed by atoms with Crippen LogP contribution in [0.1, 0.15) is 32.6 Å². The Morgan fingerprint density at radius 3 is 2.69 bits per heavy atom. The molecule has 0 aromatic rings. The molecule has 0 bridgehead atoms. The zero-order chi connectivity index (χ0) is 12.2. The Labute approximate surface area is 96.0 Å². The van der Waals surface area contributed by atoms with Crippen LogP contribution in [0.3, 0.4) is 0 Å². The lowest BCUT2D eigenvalue weighted by atomic mass is 9.84. The van der Waals surface area contributed by atoms with Crippen molar-refractivity contribution in [2.45, 2.75) is 44.2 Å². The maximum absolute atomic E-state index is 11.8. The third kappa shape index (κ3) is 3.73. The Kier molecular flexibility index (Phi) is 4.70. The van der Waals surface area contributed by atoms with E-state index in [2.05, 4.69) is 5.32 Å². The zero-order valence-electron chi connectivity index (χ0n) is 9.78. The average Bonchev–Trinajstić information content (AvgIpc) is 2.27. The second-order valence-electron chi connectivity index (χ2n) is 4.93. The number of aliphatic hydroxyl groups excluding tert-OH is 1. The minimum absolute atomic E-state index is 0.0611. The van der Waals surface area contributed by atoms with Crippen LogP contribution in [0.15, 0.2) is 0 Å². The van der Waals surface area contributed by atoms with Gasteiger partial charge in [0.2, 0.25) is 5.91 Å². The van der Waals surface area contributed by atoms with E-state index < -0.39 is 5.60 Å². The third-order valence-electron chi connectivity index (χ3n) is 3.14. The molecule has 1 saturated carbocycles. The SMILES string of the molecule is CC(O)(CO)CNC(=O)C1CCCCC1N. The van der Waals surface area contributed by atoms with Gasteiger partial charge in [0.25, 0.3) is 0 Å². The van der Waals surface area contributed by atoms with Crippen molar-refractivity contribution in [1.82, 2.24) is 5.32 Å². The molecule has 0 radical (unpaired) electrons. The summed E-state index contributed by atoms with van der Waals surface area (Å²) in [5.41, 5.74) is 4.62. The highest BCUT2D eigenvalue weighted by Gasteiger charge is 2.29. The van der Waals surface area contributed by atoms with Crippen molar-refractivity contribution in [2.75, 3.05) is 13.2 Å². The van der Waals surface area contributed by atoms with Crippen LogP contribution in [0.4, 0.5) is 0 Å². The van der Waals surface area contributed by atoms with Gasteiger partial charge in [-0.05, 0) is 19.8 Å². The maximum Gasteiger partial charge on any atom is 0.224 e. The molecule has 0 saturated heterocycles. The summed E-state index contributed by atoms with van der Waals surface area (Å²) >= 11 is 0. The lowest BCUT2D eigenvalue weighted by Gasteiger charge is -2.29. The predicted octanol–water partition coefficient (Wildman–Crippen LogP) is -0.637. The van der Waals surface area contributed by atoms with Crippen molar-refractivity contribution >= 4 is 5.91 Å². The van der Waals surface area contributed by atoms with Crippen LogP contribution in [0, 0.1) is 5.92 Å². The fraction of sp³-hybridized carbons (Fsp3) is 0.909. The van der Waals surface area contributed by atoms with Crippen molar-refractivity contribution in [1.29, 1.82) is 0 Å². The van der Waals surface area contributed by atoms with Crippen LogP contribution in [0.2, 0.25) is 0 Å². The molecule has 5 N–H and O–H groups in total. The monoisotopic (exact) mass is 230 g/mol. The molecule has 0 aromatic carbocycles. The van der Waals surface area contributed by atoms with Crippen LogP contribution in [-0.4, -0.2) is 40.9 Å². The van der Waals surface area contributed by atoms with E-state index in [0.29, 0.717) is 0 Å². The van der Waals surface area contributed by atoms with Crippen LogP contribution < -0.4 is 11.1 Å². The smallest absolute Gasteiger partial charge is 0.224 e. The summed E-state index contributed by atoms with van der Waals surface area (Å²) in [4.78, 5) is 11.8. The fourth-order valence-electron chi connectivity index (χ4n) is 1.95. The zero-order valence-corrected chi connectivity index (χ0v) is 9.78. The molecular weight excluding hydrogens is 208 g/mol. The Morgan fingerprint density at radius 2 is 2.12 bits per heavy atom. The summed E-state index contributed by atoms with van der Waals surface area (Å²) in [5, 5.41) is 21.0. The quantitative estimate of drug-likeness (QED) is 0.517. The van der Waals surface area contributed by atoms with Gasteiger partial charge < -0.3 is 21.3 Å². The minimum Gasteiger partial charge on any atom is -0.393 e. The number of nitrogens with two attached hydrogens (primary N) is 1. The van der Waals surface area contributed by atoms with E-state index in [-0.39, 0.29) is 31.0 Å². The lowest BCUT2D eigenvalue weighted by Crippen LogP contribution is -2.49. The number of carbonyl (C=O) groups is 1. The largest absolute Gasteiger partial charge is 0.393 e. The van der Waals surface area contributed by atoms with Gasteiger partial charge in [0, 0.05) is 12.6 Å². The highest BCUT2D eigenvalue weighted by Crippen LogP contribution is 2.23. The second-order valence-corrected chi connectivity index (χ2v) is 4.93. The molecule has 1 aliphatic rings. The fourth-order valence-corrected chi connectivity index (χ4v) is 1.95. The topological polar surface area (TPSA) is 95.6 Å². The normalized spacial score (nSPS) is 29.5. The van der Waals surface area contributed by atoms with Gasteiger partial charge in [0.1, 0.15) is 5.60 Å². The van der Waals surface area contributed by atoms with Gasteiger partial charge in [-0.25, -0.2) is 0 Å². The van der Waals surface area contributed by atoms with E-state index in [0.717, 1.165) is 25.7 Å². The molecule has 5 nitrogen and oxygen atoms in total. The number of aliphatic hydroxyl groups is 2. The van der Waals surface area contributed by atoms with Gasteiger partial charge in [-0.1, -0.05) is 12.8 Å². The predicted molar refractivity (Wildman–Crippen MR) is 60.7 cm³/mol. The number of carbonyl (C=O) groups excluding carboxylic acids is 1. The molecule has 1 aliphatic carbocycles. The summed E-state index contributed by atoms with van der Waals surface area (Å²) in [6, 6.07) is -0.0761. The van der Waals surface area contributed by atoms with Gasteiger partial charge in [0.15, 0.2) is 0 Å². The highest BCUT2D eigenvalue weighted by molar-refractivity contribution is 5.79.